The average molecular weight is 406 g/mol. The minimum Gasteiger partial charge on any atom is -0.508 e. The number of benzene rings is 2. The predicted molar refractivity (Wildman–Crippen MR) is 119 cm³/mol. The number of thioether (sulfide) groups is 1. The van der Waals surface area contributed by atoms with Gasteiger partial charge < -0.3 is 5.11 Å². The van der Waals surface area contributed by atoms with Crippen molar-refractivity contribution in [3.05, 3.63) is 72.8 Å². The molecule has 1 N–H and O–H groups in total. The molecule has 0 spiro atoms. The van der Waals surface area contributed by atoms with Crippen molar-refractivity contribution in [2.24, 2.45) is 0 Å². The van der Waals surface area contributed by atoms with Gasteiger partial charge in [-0.15, -0.1) is 16.8 Å². The molecule has 1 aromatic heterocycles. The van der Waals surface area contributed by atoms with Crippen LogP contribution in [0.1, 0.15) is 55.4 Å². The Kier molecular flexibility index (Phi) is 6.35. The maximum atomic E-state index is 9.67. The Bertz CT molecular complexity index is 931. The fourth-order valence-corrected chi connectivity index (χ4v) is 5.25. The first-order valence-electron chi connectivity index (χ1n) is 10.3. The quantitative estimate of drug-likeness (QED) is 0.357. The van der Waals surface area contributed by atoms with Crippen LogP contribution in [-0.4, -0.2) is 19.9 Å². The molecule has 4 nitrogen and oxygen atoms in total. The highest BCUT2D eigenvalue weighted by atomic mass is 32.2. The Balaban J connectivity index is 1.72. The number of hydrogen-bond donors (Lipinski definition) is 1. The maximum absolute atomic E-state index is 9.67. The normalized spacial score (nSPS) is 15.9. The highest BCUT2D eigenvalue weighted by Gasteiger charge is 2.26. The smallest absolute Gasteiger partial charge is 0.192 e. The summed E-state index contributed by atoms with van der Waals surface area (Å²) >= 11 is 1.77. The number of nitrogens with zero attached hydrogens (tertiary/aromatic N) is 3. The van der Waals surface area contributed by atoms with Gasteiger partial charge in [-0.2, -0.15) is 0 Å². The third-order valence-electron chi connectivity index (χ3n) is 5.53. The van der Waals surface area contributed by atoms with Gasteiger partial charge >= 0.3 is 0 Å². The second-order valence-corrected chi connectivity index (χ2v) is 8.73. The van der Waals surface area contributed by atoms with Gasteiger partial charge in [0.25, 0.3) is 0 Å². The van der Waals surface area contributed by atoms with Gasteiger partial charge in [0.2, 0.25) is 0 Å². The molecule has 1 unspecified atom stereocenters. The summed E-state index contributed by atoms with van der Waals surface area (Å²) < 4.78 is 2.34. The summed E-state index contributed by atoms with van der Waals surface area (Å²) in [6, 6.07) is 18.2. The third kappa shape index (κ3) is 4.56. The lowest BCUT2D eigenvalue weighted by atomic mass is 9.95. The number of aromatic nitrogens is 3. The van der Waals surface area contributed by atoms with Crippen LogP contribution in [0.15, 0.2) is 72.4 Å². The van der Waals surface area contributed by atoms with Crippen molar-refractivity contribution in [1.29, 1.82) is 0 Å². The number of phenolic OH excluding ortho intramolecular Hbond substituents is 1. The summed E-state index contributed by atoms with van der Waals surface area (Å²) in [7, 11) is 0. The summed E-state index contributed by atoms with van der Waals surface area (Å²) in [4.78, 5) is 0. The summed E-state index contributed by atoms with van der Waals surface area (Å²) in [6.07, 6.45) is 8.97. The molecule has 0 amide bonds. The van der Waals surface area contributed by atoms with Crippen molar-refractivity contribution in [2.45, 2.75) is 55.0 Å². The van der Waals surface area contributed by atoms with Crippen LogP contribution in [0.25, 0.3) is 11.4 Å². The van der Waals surface area contributed by atoms with Gasteiger partial charge in [0, 0.05) is 16.9 Å². The van der Waals surface area contributed by atoms with E-state index in [1.807, 2.05) is 24.3 Å². The molecule has 150 valence electrons. The summed E-state index contributed by atoms with van der Waals surface area (Å²) in [6.45, 7) is 3.96. The van der Waals surface area contributed by atoms with Crippen LogP contribution in [0.3, 0.4) is 0 Å². The van der Waals surface area contributed by atoms with E-state index in [0.29, 0.717) is 6.04 Å². The van der Waals surface area contributed by atoms with Crippen LogP contribution >= 0.6 is 11.8 Å². The zero-order chi connectivity index (χ0) is 20.1. The van der Waals surface area contributed by atoms with E-state index in [4.69, 9.17) is 0 Å². The molecule has 3 aromatic rings. The first-order valence-corrected chi connectivity index (χ1v) is 11.2. The monoisotopic (exact) mass is 405 g/mol. The van der Waals surface area contributed by atoms with Crippen LogP contribution < -0.4 is 0 Å². The van der Waals surface area contributed by atoms with E-state index < -0.39 is 0 Å². The van der Waals surface area contributed by atoms with Crippen molar-refractivity contribution >= 4 is 11.8 Å². The second kappa shape index (κ2) is 9.31. The Morgan fingerprint density at radius 3 is 2.45 bits per heavy atom. The molecule has 0 bridgehead atoms. The van der Waals surface area contributed by atoms with E-state index in [9.17, 15) is 5.11 Å². The lowest BCUT2D eigenvalue weighted by molar-refractivity contribution is 0.339. The van der Waals surface area contributed by atoms with E-state index in [0.717, 1.165) is 35.8 Å². The molecule has 5 heteroatoms. The lowest BCUT2D eigenvalue weighted by Gasteiger charge is -2.26. The van der Waals surface area contributed by atoms with E-state index in [1.54, 1.807) is 23.9 Å². The molecule has 1 aliphatic carbocycles. The third-order valence-corrected chi connectivity index (χ3v) is 6.77. The SMILES string of the molecule is C=CCC(Sc1nnc(-c2ccc(O)cc2)n1C1CCCCC1)c1ccccc1. The molecule has 29 heavy (non-hydrogen) atoms. The molecule has 0 saturated heterocycles. The summed E-state index contributed by atoms with van der Waals surface area (Å²) in [5.41, 5.74) is 2.27. The first kappa shape index (κ1) is 19.8. The number of allylic oxidation sites excluding steroid dienone is 1. The van der Waals surface area contributed by atoms with E-state index in [-0.39, 0.29) is 11.0 Å². The zero-order valence-electron chi connectivity index (χ0n) is 16.6. The average Bonchev–Trinajstić information content (AvgIpc) is 3.19. The fraction of sp³-hybridized carbons (Fsp3) is 0.333. The molecular formula is C24H27N3OS. The Labute approximate surface area is 176 Å². The molecule has 2 aromatic carbocycles. The molecular weight excluding hydrogens is 378 g/mol. The van der Waals surface area contributed by atoms with E-state index in [2.05, 4.69) is 45.6 Å². The van der Waals surface area contributed by atoms with Gasteiger partial charge in [-0.1, -0.05) is 67.4 Å². The highest BCUT2D eigenvalue weighted by molar-refractivity contribution is 7.99. The number of rotatable bonds is 7. The van der Waals surface area contributed by atoms with Gasteiger partial charge in [-0.3, -0.25) is 4.57 Å². The van der Waals surface area contributed by atoms with Gasteiger partial charge in [0.1, 0.15) is 5.75 Å². The summed E-state index contributed by atoms with van der Waals surface area (Å²) in [5, 5.41) is 20.1. The van der Waals surface area contributed by atoms with Crippen molar-refractivity contribution in [3.8, 4) is 17.1 Å². The van der Waals surface area contributed by atoms with Crippen LogP contribution in [-0.2, 0) is 0 Å². The molecule has 0 radical (unpaired) electrons. The maximum Gasteiger partial charge on any atom is 0.192 e. The fourth-order valence-electron chi connectivity index (χ4n) is 4.03. The van der Waals surface area contributed by atoms with Gasteiger partial charge in [-0.25, -0.2) is 0 Å². The zero-order valence-corrected chi connectivity index (χ0v) is 17.4. The number of aromatic hydroxyl groups is 1. The largest absolute Gasteiger partial charge is 0.508 e. The van der Waals surface area contributed by atoms with E-state index in [1.165, 1.54) is 24.8 Å². The van der Waals surface area contributed by atoms with Crippen molar-refractivity contribution < 1.29 is 5.11 Å². The second-order valence-electron chi connectivity index (χ2n) is 7.56. The van der Waals surface area contributed by atoms with E-state index >= 15 is 0 Å². The van der Waals surface area contributed by atoms with Gasteiger partial charge in [0.15, 0.2) is 11.0 Å². The highest BCUT2D eigenvalue weighted by Crippen LogP contribution is 2.42. The molecule has 1 aliphatic rings. The number of hydrogen-bond acceptors (Lipinski definition) is 4. The van der Waals surface area contributed by atoms with Crippen molar-refractivity contribution in [2.75, 3.05) is 0 Å². The topological polar surface area (TPSA) is 50.9 Å². The first-order chi connectivity index (χ1) is 14.3. The molecule has 0 aliphatic heterocycles. The van der Waals surface area contributed by atoms with Crippen molar-refractivity contribution in [3.63, 3.8) is 0 Å². The van der Waals surface area contributed by atoms with Gasteiger partial charge in [0.05, 0.1) is 0 Å². The van der Waals surface area contributed by atoms with Crippen LogP contribution in [0.2, 0.25) is 0 Å². The molecule has 4 rings (SSSR count). The van der Waals surface area contributed by atoms with Crippen molar-refractivity contribution in [1.82, 2.24) is 14.8 Å². The predicted octanol–water partition coefficient (Wildman–Crippen LogP) is 6.57. The molecule has 1 saturated carbocycles. The lowest BCUT2D eigenvalue weighted by Crippen LogP contribution is -2.15. The molecule has 1 fully saturated rings. The van der Waals surface area contributed by atoms with Crippen LogP contribution in [0.5, 0.6) is 5.75 Å². The number of phenols is 1. The standard InChI is InChI=1S/C24H27N3OS/c1-2-9-22(18-10-5-3-6-11-18)29-24-26-25-23(19-14-16-21(28)17-15-19)27(24)20-12-7-4-8-13-20/h2-3,5-6,10-11,14-17,20,22,28H,1,4,7-9,12-13H2. The Hall–Kier alpha value is -2.53. The van der Waals surface area contributed by atoms with Gasteiger partial charge in [-0.05, 0) is 49.1 Å². The molecule has 1 heterocycles. The summed E-state index contributed by atoms with van der Waals surface area (Å²) in [5.74, 6) is 1.16. The Morgan fingerprint density at radius 2 is 1.76 bits per heavy atom. The van der Waals surface area contributed by atoms with Crippen LogP contribution in [0, 0.1) is 0 Å². The van der Waals surface area contributed by atoms with Crippen LogP contribution in [0.4, 0.5) is 0 Å². The Morgan fingerprint density at radius 1 is 1.03 bits per heavy atom. The molecule has 1 atom stereocenters. The minimum atomic E-state index is 0.257. The minimum absolute atomic E-state index is 0.257.